The molecule has 0 aliphatic rings. The zero-order valence-corrected chi connectivity index (χ0v) is 15.6. The summed E-state index contributed by atoms with van der Waals surface area (Å²) in [6.45, 7) is -3.63. The number of hydrogen-bond donors (Lipinski definition) is 1. The van der Waals surface area contributed by atoms with Gasteiger partial charge in [-0.2, -0.15) is 35.1 Å². The lowest BCUT2D eigenvalue weighted by Gasteiger charge is -2.22. The number of ether oxygens (including phenoxy) is 2. The van der Waals surface area contributed by atoms with Gasteiger partial charge in [0, 0.05) is 13.6 Å². The van der Waals surface area contributed by atoms with Crippen LogP contribution in [-0.4, -0.2) is 67.5 Å². The van der Waals surface area contributed by atoms with Crippen LogP contribution in [0.3, 0.4) is 0 Å². The van der Waals surface area contributed by atoms with Gasteiger partial charge in [-0.3, -0.25) is 4.79 Å². The Morgan fingerprint density at radius 3 is 2.27 bits per heavy atom. The maximum atomic E-state index is 12.9. The number of para-hydroxylation sites is 1. The van der Waals surface area contributed by atoms with E-state index >= 15 is 0 Å². The molecule has 0 saturated carbocycles. The first-order valence-electron chi connectivity index (χ1n) is 8.38. The summed E-state index contributed by atoms with van der Waals surface area (Å²) in [5.74, 6) is -6.32. The molecule has 0 aromatic heterocycles. The molecule has 0 aliphatic heterocycles. The van der Waals surface area contributed by atoms with Crippen LogP contribution in [0.5, 0.6) is 5.75 Å². The van der Waals surface area contributed by atoms with Crippen molar-refractivity contribution in [1.29, 1.82) is 0 Å². The Hall–Kier alpha value is -2.15. The van der Waals surface area contributed by atoms with Crippen LogP contribution in [0.2, 0.25) is 0 Å². The Labute approximate surface area is 166 Å². The molecule has 1 N–H and O–H groups in total. The highest BCUT2D eigenvalue weighted by atomic mass is 19.4. The van der Waals surface area contributed by atoms with Crippen molar-refractivity contribution in [2.24, 2.45) is 0 Å². The molecule has 172 valence electrons. The number of nitrogens with zero attached hydrogens (tertiary/aromatic N) is 1. The van der Waals surface area contributed by atoms with Crippen molar-refractivity contribution >= 4 is 5.91 Å². The number of carbonyl (C=O) groups is 1. The van der Waals surface area contributed by atoms with Crippen LogP contribution in [0.4, 0.5) is 35.1 Å². The van der Waals surface area contributed by atoms with E-state index in [1.54, 1.807) is 0 Å². The lowest BCUT2D eigenvalue weighted by molar-refractivity contribution is -0.296. The highest BCUT2D eigenvalue weighted by molar-refractivity contribution is 5.75. The van der Waals surface area contributed by atoms with Crippen molar-refractivity contribution in [1.82, 2.24) is 4.90 Å². The highest BCUT2D eigenvalue weighted by Gasteiger charge is 2.57. The first-order chi connectivity index (χ1) is 13.6. The third-order valence-electron chi connectivity index (χ3n) is 3.69. The Balaban J connectivity index is 2.42. The number of benzene rings is 1. The SMILES string of the molecule is CN(CC(O)COc1ccccc1C(F)(F)F)C(=O)CCOCC(F)(F)C(F)(F)F. The van der Waals surface area contributed by atoms with Gasteiger partial charge in [-0.1, -0.05) is 12.1 Å². The molecule has 0 saturated heterocycles. The number of alkyl halides is 8. The first kappa shape index (κ1) is 25.9. The quantitative estimate of drug-likeness (QED) is 0.435. The van der Waals surface area contributed by atoms with Gasteiger partial charge in [0.25, 0.3) is 0 Å². The van der Waals surface area contributed by atoms with Gasteiger partial charge in [0.05, 0.1) is 18.6 Å². The summed E-state index contributed by atoms with van der Waals surface area (Å²) in [5, 5.41) is 9.84. The molecular weight excluding hydrogens is 434 g/mol. The van der Waals surface area contributed by atoms with Gasteiger partial charge in [-0.05, 0) is 12.1 Å². The molecule has 1 aromatic rings. The lowest BCUT2D eigenvalue weighted by Crippen LogP contribution is -2.41. The van der Waals surface area contributed by atoms with Crippen LogP contribution in [0.25, 0.3) is 0 Å². The predicted molar refractivity (Wildman–Crippen MR) is 87.0 cm³/mol. The number of aliphatic hydroxyl groups is 1. The summed E-state index contributed by atoms with van der Waals surface area (Å²) >= 11 is 0. The van der Waals surface area contributed by atoms with Crippen molar-refractivity contribution < 1.29 is 54.5 Å². The topological polar surface area (TPSA) is 59.0 Å². The van der Waals surface area contributed by atoms with Crippen LogP contribution in [0, 0.1) is 0 Å². The highest BCUT2D eigenvalue weighted by Crippen LogP contribution is 2.36. The smallest absolute Gasteiger partial charge is 0.455 e. The normalized spacial score (nSPS) is 13.8. The zero-order valence-electron chi connectivity index (χ0n) is 15.6. The minimum absolute atomic E-state index is 0.383. The molecule has 0 fully saturated rings. The first-order valence-corrected chi connectivity index (χ1v) is 8.38. The van der Waals surface area contributed by atoms with Gasteiger partial charge in [0.15, 0.2) is 0 Å². The average Bonchev–Trinajstić information content (AvgIpc) is 2.61. The monoisotopic (exact) mass is 453 g/mol. The molecule has 0 aliphatic carbocycles. The van der Waals surface area contributed by atoms with Crippen LogP contribution >= 0.6 is 0 Å². The largest absolute Gasteiger partial charge is 0.490 e. The van der Waals surface area contributed by atoms with Crippen molar-refractivity contribution in [2.75, 3.05) is 33.4 Å². The summed E-state index contributed by atoms with van der Waals surface area (Å²) in [7, 11) is 1.19. The Kier molecular flexibility index (Phi) is 8.84. The van der Waals surface area contributed by atoms with Gasteiger partial charge < -0.3 is 19.5 Å². The molecule has 0 radical (unpaired) electrons. The predicted octanol–water partition coefficient (Wildman–Crippen LogP) is 3.51. The van der Waals surface area contributed by atoms with E-state index < -0.39 is 67.8 Å². The van der Waals surface area contributed by atoms with Gasteiger partial charge in [0.1, 0.15) is 25.1 Å². The summed E-state index contributed by atoms with van der Waals surface area (Å²) in [6.07, 6.45) is -12.4. The summed E-state index contributed by atoms with van der Waals surface area (Å²) in [4.78, 5) is 12.7. The maximum absolute atomic E-state index is 12.9. The minimum atomic E-state index is -5.78. The van der Waals surface area contributed by atoms with Gasteiger partial charge in [-0.15, -0.1) is 0 Å². The molecular formula is C17H19F8NO4. The van der Waals surface area contributed by atoms with E-state index in [9.17, 15) is 45.0 Å². The number of amides is 1. The van der Waals surface area contributed by atoms with E-state index in [1.807, 2.05) is 0 Å². The fraction of sp³-hybridized carbons (Fsp3) is 0.588. The molecule has 13 heteroatoms. The van der Waals surface area contributed by atoms with Crippen LogP contribution in [0.15, 0.2) is 24.3 Å². The van der Waals surface area contributed by atoms with Gasteiger partial charge in [0.2, 0.25) is 5.91 Å². The molecule has 1 atom stereocenters. The fourth-order valence-corrected chi connectivity index (χ4v) is 2.12. The second kappa shape index (κ2) is 10.2. The Morgan fingerprint density at radius 2 is 1.70 bits per heavy atom. The minimum Gasteiger partial charge on any atom is -0.490 e. The molecule has 1 aromatic carbocycles. The molecule has 0 bridgehead atoms. The van der Waals surface area contributed by atoms with Crippen molar-refractivity contribution in [3.05, 3.63) is 29.8 Å². The number of rotatable bonds is 10. The molecule has 0 spiro atoms. The molecule has 0 heterocycles. The third kappa shape index (κ3) is 7.94. The molecule has 30 heavy (non-hydrogen) atoms. The van der Waals surface area contributed by atoms with Gasteiger partial charge in [-0.25, -0.2) is 0 Å². The molecule has 1 rings (SSSR count). The van der Waals surface area contributed by atoms with E-state index in [4.69, 9.17) is 4.74 Å². The van der Waals surface area contributed by atoms with E-state index in [0.29, 0.717) is 0 Å². The molecule has 5 nitrogen and oxygen atoms in total. The van der Waals surface area contributed by atoms with E-state index in [2.05, 4.69) is 4.74 Å². The Morgan fingerprint density at radius 1 is 1.10 bits per heavy atom. The summed E-state index contributed by atoms with van der Waals surface area (Å²) < 4.78 is 109. The number of carbonyl (C=O) groups excluding carboxylic acids is 1. The number of halogens is 8. The van der Waals surface area contributed by atoms with E-state index in [-0.39, 0.29) is 6.54 Å². The van der Waals surface area contributed by atoms with Crippen LogP contribution in [-0.2, 0) is 15.7 Å². The summed E-state index contributed by atoms with van der Waals surface area (Å²) in [6, 6.07) is 4.30. The van der Waals surface area contributed by atoms with Gasteiger partial charge >= 0.3 is 18.3 Å². The van der Waals surface area contributed by atoms with Crippen molar-refractivity contribution in [3.8, 4) is 5.75 Å². The molecule has 1 unspecified atom stereocenters. The summed E-state index contributed by atoms with van der Waals surface area (Å²) in [5.41, 5.74) is -1.05. The fourth-order valence-electron chi connectivity index (χ4n) is 2.12. The van der Waals surface area contributed by atoms with Crippen LogP contribution in [0.1, 0.15) is 12.0 Å². The zero-order chi connectivity index (χ0) is 23.2. The Bertz CT molecular complexity index is 693. The van der Waals surface area contributed by atoms with Crippen molar-refractivity contribution in [3.63, 3.8) is 0 Å². The number of hydrogen-bond acceptors (Lipinski definition) is 4. The standard InChI is InChI=1S/C17H19F8NO4/c1-26(14(28)6-7-29-10-15(18,19)17(23,24)25)8-11(27)9-30-13-5-3-2-4-12(13)16(20,21)22/h2-5,11,27H,6-10H2,1H3. The van der Waals surface area contributed by atoms with E-state index in [1.165, 1.54) is 13.1 Å². The average molecular weight is 453 g/mol. The second-order valence-electron chi connectivity index (χ2n) is 6.24. The number of aliphatic hydroxyl groups excluding tert-OH is 1. The van der Waals surface area contributed by atoms with E-state index in [0.717, 1.165) is 23.1 Å². The lowest BCUT2D eigenvalue weighted by atomic mass is 10.2. The van der Waals surface area contributed by atoms with Crippen LogP contribution < -0.4 is 4.74 Å². The third-order valence-corrected chi connectivity index (χ3v) is 3.69. The van der Waals surface area contributed by atoms with Crippen molar-refractivity contribution in [2.45, 2.75) is 30.8 Å². The number of likely N-dealkylation sites (N-methyl/N-ethyl adjacent to an activating group) is 1. The second-order valence-corrected chi connectivity index (χ2v) is 6.24. The maximum Gasteiger partial charge on any atom is 0.455 e. The molecule has 1 amide bonds.